The van der Waals surface area contributed by atoms with Crippen LogP contribution in [0.3, 0.4) is 0 Å². The van der Waals surface area contributed by atoms with Gasteiger partial charge in [0.15, 0.2) is 11.3 Å². The van der Waals surface area contributed by atoms with Gasteiger partial charge in [0.2, 0.25) is 0 Å². The van der Waals surface area contributed by atoms with Crippen molar-refractivity contribution in [2.45, 2.75) is 83.6 Å². The quantitative estimate of drug-likeness (QED) is 0.421. The predicted molar refractivity (Wildman–Crippen MR) is 77.1 cm³/mol. The predicted octanol–water partition coefficient (Wildman–Crippen LogP) is 3.28. The Kier molecular flexibility index (Phi) is 9.48. The van der Waals surface area contributed by atoms with Crippen molar-refractivity contribution >= 4 is 11.8 Å². The number of hydrogen-bond acceptors (Lipinski definition) is 3. The van der Waals surface area contributed by atoms with Crippen LogP contribution in [0.25, 0.3) is 0 Å². The van der Waals surface area contributed by atoms with E-state index in [4.69, 9.17) is 10.8 Å². The lowest BCUT2D eigenvalue weighted by molar-refractivity contribution is -0.147. The SMILES string of the molecule is CCCCCCCCCCCC(=O)[C@@](C)(N)C(=O)O. The topological polar surface area (TPSA) is 80.4 Å². The molecule has 4 nitrogen and oxygen atoms in total. The molecule has 0 aliphatic rings. The third kappa shape index (κ3) is 7.98. The smallest absolute Gasteiger partial charge is 0.331 e. The van der Waals surface area contributed by atoms with Crippen molar-refractivity contribution in [1.82, 2.24) is 0 Å². The van der Waals surface area contributed by atoms with Crippen molar-refractivity contribution in [2.24, 2.45) is 5.73 Å². The lowest BCUT2D eigenvalue weighted by atomic mass is 9.93. The molecule has 0 fully saturated rings. The van der Waals surface area contributed by atoms with Crippen LogP contribution in [-0.4, -0.2) is 22.4 Å². The number of Topliss-reactive ketones (excluding diaryl/α,β-unsaturated/α-hetero) is 1. The first-order chi connectivity index (χ1) is 8.92. The molecule has 0 rings (SSSR count). The standard InChI is InChI=1S/C15H29NO3/c1-3-4-5-6-7-8-9-10-11-12-13(17)15(2,16)14(18)19/h3-12,16H2,1-2H3,(H,18,19)/t15-/m1/s1. The number of rotatable bonds is 12. The zero-order valence-corrected chi connectivity index (χ0v) is 12.4. The molecule has 0 saturated carbocycles. The second-order valence-corrected chi connectivity index (χ2v) is 5.51. The third-order valence-electron chi connectivity index (χ3n) is 3.53. The highest BCUT2D eigenvalue weighted by Crippen LogP contribution is 2.13. The maximum Gasteiger partial charge on any atom is 0.331 e. The number of hydrogen-bond donors (Lipinski definition) is 2. The molecule has 19 heavy (non-hydrogen) atoms. The summed E-state index contributed by atoms with van der Waals surface area (Å²) >= 11 is 0. The van der Waals surface area contributed by atoms with E-state index < -0.39 is 11.5 Å². The number of aliphatic carboxylic acids is 1. The van der Waals surface area contributed by atoms with Gasteiger partial charge in [-0.3, -0.25) is 4.79 Å². The van der Waals surface area contributed by atoms with Crippen LogP contribution >= 0.6 is 0 Å². The Hall–Kier alpha value is -0.900. The van der Waals surface area contributed by atoms with Crippen molar-refractivity contribution in [3.8, 4) is 0 Å². The summed E-state index contributed by atoms with van der Waals surface area (Å²) in [5.74, 6) is -1.61. The second kappa shape index (κ2) is 9.96. The number of carboxylic acid groups (broad SMARTS) is 1. The minimum absolute atomic E-state index is 0.273. The average molecular weight is 271 g/mol. The van der Waals surface area contributed by atoms with E-state index in [9.17, 15) is 9.59 Å². The first kappa shape index (κ1) is 18.1. The van der Waals surface area contributed by atoms with Gasteiger partial charge in [0.1, 0.15) is 0 Å². The molecular formula is C15H29NO3. The van der Waals surface area contributed by atoms with E-state index in [2.05, 4.69) is 6.92 Å². The molecule has 0 aliphatic heterocycles. The molecule has 4 heteroatoms. The molecular weight excluding hydrogens is 242 g/mol. The summed E-state index contributed by atoms with van der Waals surface area (Å²) in [6.07, 6.45) is 10.8. The molecule has 0 amide bonds. The average Bonchev–Trinajstić information content (AvgIpc) is 2.36. The Labute approximate surface area is 116 Å². The van der Waals surface area contributed by atoms with Gasteiger partial charge in [0, 0.05) is 6.42 Å². The number of ketones is 1. The molecule has 0 bridgehead atoms. The van der Waals surface area contributed by atoms with Crippen LogP contribution < -0.4 is 5.73 Å². The molecule has 0 saturated heterocycles. The van der Waals surface area contributed by atoms with E-state index in [1.165, 1.54) is 45.4 Å². The highest BCUT2D eigenvalue weighted by atomic mass is 16.4. The van der Waals surface area contributed by atoms with Crippen molar-refractivity contribution in [3.63, 3.8) is 0 Å². The van der Waals surface area contributed by atoms with Gasteiger partial charge >= 0.3 is 5.97 Å². The fourth-order valence-electron chi connectivity index (χ4n) is 1.98. The van der Waals surface area contributed by atoms with Gasteiger partial charge in [0.05, 0.1) is 0 Å². The van der Waals surface area contributed by atoms with E-state index >= 15 is 0 Å². The Bertz CT molecular complexity index is 275. The molecule has 3 N–H and O–H groups in total. The second-order valence-electron chi connectivity index (χ2n) is 5.51. The molecule has 0 radical (unpaired) electrons. The Morgan fingerprint density at radius 2 is 1.37 bits per heavy atom. The molecule has 0 aromatic carbocycles. The first-order valence-electron chi connectivity index (χ1n) is 7.48. The zero-order chi connectivity index (χ0) is 14.7. The maximum absolute atomic E-state index is 11.6. The summed E-state index contributed by atoms with van der Waals surface area (Å²) in [7, 11) is 0. The highest BCUT2D eigenvalue weighted by molar-refractivity contribution is 6.06. The molecule has 0 aromatic rings. The van der Waals surface area contributed by atoms with Crippen LogP contribution in [0.4, 0.5) is 0 Å². The zero-order valence-electron chi connectivity index (χ0n) is 12.4. The monoisotopic (exact) mass is 271 g/mol. The van der Waals surface area contributed by atoms with Crippen LogP contribution in [0.1, 0.15) is 78.1 Å². The number of nitrogens with two attached hydrogens (primary N) is 1. The minimum atomic E-state index is -1.72. The van der Waals surface area contributed by atoms with Gasteiger partial charge in [-0.25, -0.2) is 4.79 Å². The number of carbonyl (C=O) groups excluding carboxylic acids is 1. The summed E-state index contributed by atoms with van der Waals surface area (Å²) in [4.78, 5) is 22.4. The van der Waals surface area contributed by atoms with Gasteiger partial charge in [-0.15, -0.1) is 0 Å². The van der Waals surface area contributed by atoms with Gasteiger partial charge < -0.3 is 10.8 Å². The van der Waals surface area contributed by atoms with E-state index in [0.717, 1.165) is 19.3 Å². The van der Waals surface area contributed by atoms with E-state index in [-0.39, 0.29) is 12.2 Å². The minimum Gasteiger partial charge on any atom is -0.480 e. The molecule has 0 heterocycles. The first-order valence-corrected chi connectivity index (χ1v) is 7.48. The molecule has 0 aliphatic carbocycles. The van der Waals surface area contributed by atoms with Crippen LogP contribution in [0, 0.1) is 0 Å². The van der Waals surface area contributed by atoms with E-state index in [1.807, 2.05) is 0 Å². The van der Waals surface area contributed by atoms with Crippen LogP contribution in [0.15, 0.2) is 0 Å². The molecule has 112 valence electrons. The van der Waals surface area contributed by atoms with E-state index in [0.29, 0.717) is 0 Å². The lowest BCUT2D eigenvalue weighted by Crippen LogP contribution is -2.52. The normalized spacial score (nSPS) is 14.1. The summed E-state index contributed by atoms with van der Waals surface area (Å²) in [6, 6.07) is 0. The number of carboxylic acids is 1. The fraction of sp³-hybridized carbons (Fsp3) is 0.867. The van der Waals surface area contributed by atoms with E-state index in [1.54, 1.807) is 0 Å². The Morgan fingerprint density at radius 1 is 0.947 bits per heavy atom. The number of carbonyl (C=O) groups is 2. The highest BCUT2D eigenvalue weighted by Gasteiger charge is 2.35. The van der Waals surface area contributed by atoms with Crippen molar-refractivity contribution in [3.05, 3.63) is 0 Å². The third-order valence-corrected chi connectivity index (χ3v) is 3.53. The summed E-state index contributed by atoms with van der Waals surface area (Å²) in [5.41, 5.74) is 3.74. The molecule has 0 aromatic heterocycles. The summed E-state index contributed by atoms with van der Waals surface area (Å²) in [6.45, 7) is 3.48. The maximum atomic E-state index is 11.6. The van der Waals surface area contributed by atoms with Crippen molar-refractivity contribution in [2.75, 3.05) is 0 Å². The fourth-order valence-corrected chi connectivity index (χ4v) is 1.98. The lowest BCUT2D eigenvalue weighted by Gasteiger charge is -2.17. The van der Waals surface area contributed by atoms with Gasteiger partial charge in [0.25, 0.3) is 0 Å². The van der Waals surface area contributed by atoms with Crippen molar-refractivity contribution in [1.29, 1.82) is 0 Å². The number of unbranched alkanes of at least 4 members (excludes halogenated alkanes) is 8. The van der Waals surface area contributed by atoms with Gasteiger partial charge in [-0.05, 0) is 13.3 Å². The molecule has 0 unspecified atom stereocenters. The summed E-state index contributed by atoms with van der Waals surface area (Å²) < 4.78 is 0. The Balaban J connectivity index is 3.50. The van der Waals surface area contributed by atoms with Crippen molar-refractivity contribution < 1.29 is 14.7 Å². The van der Waals surface area contributed by atoms with Crippen LogP contribution in [0.2, 0.25) is 0 Å². The van der Waals surface area contributed by atoms with Crippen LogP contribution in [0.5, 0.6) is 0 Å². The van der Waals surface area contributed by atoms with Gasteiger partial charge in [-0.2, -0.15) is 0 Å². The summed E-state index contributed by atoms with van der Waals surface area (Å²) in [5, 5.41) is 8.81. The molecule has 1 atom stereocenters. The van der Waals surface area contributed by atoms with Gasteiger partial charge in [-0.1, -0.05) is 58.3 Å². The molecule has 0 spiro atoms. The largest absolute Gasteiger partial charge is 0.480 e. The Morgan fingerprint density at radius 3 is 1.79 bits per heavy atom. The van der Waals surface area contributed by atoms with Crippen LogP contribution in [-0.2, 0) is 9.59 Å².